The predicted molar refractivity (Wildman–Crippen MR) is 62.6 cm³/mol. The Morgan fingerprint density at radius 1 is 1.47 bits per heavy atom. The van der Waals surface area contributed by atoms with Gasteiger partial charge in [-0.1, -0.05) is 24.3 Å². The number of carboxylic acid groups (broad SMARTS) is 1. The van der Waals surface area contributed by atoms with Crippen LogP contribution in [-0.2, 0) is 13.0 Å². The second-order valence-corrected chi connectivity index (χ2v) is 4.25. The number of nitrogens with two attached hydrogens (primary N) is 1. The van der Waals surface area contributed by atoms with Gasteiger partial charge in [0.15, 0.2) is 0 Å². The second kappa shape index (κ2) is 4.73. The zero-order valence-corrected chi connectivity index (χ0v) is 9.41. The van der Waals surface area contributed by atoms with Crippen molar-refractivity contribution in [1.29, 1.82) is 0 Å². The summed E-state index contributed by atoms with van der Waals surface area (Å²) in [5.41, 5.74) is 7.50. The van der Waals surface area contributed by atoms with Crippen LogP contribution < -0.4 is 5.73 Å². The molecule has 4 N–H and O–H groups in total. The summed E-state index contributed by atoms with van der Waals surface area (Å²) in [6, 6.07) is 7.23. The van der Waals surface area contributed by atoms with E-state index in [2.05, 4.69) is 0 Å². The molecule has 1 amide bonds. The molecule has 2 atom stereocenters. The first-order chi connectivity index (χ1) is 8.13. The van der Waals surface area contributed by atoms with Crippen LogP contribution in [-0.4, -0.2) is 39.9 Å². The Bertz CT molecular complexity index is 422. The third kappa shape index (κ3) is 2.25. The molecular formula is C12H16N2O3. The number of fused-ring (bicyclic) bond motifs is 1. The maximum absolute atomic E-state index is 11.2. The lowest BCUT2D eigenvalue weighted by Crippen LogP contribution is -2.52. The molecule has 0 spiro atoms. The van der Waals surface area contributed by atoms with Crippen LogP contribution in [0.15, 0.2) is 24.3 Å². The van der Waals surface area contributed by atoms with Crippen LogP contribution >= 0.6 is 0 Å². The van der Waals surface area contributed by atoms with E-state index < -0.39 is 18.2 Å². The summed E-state index contributed by atoms with van der Waals surface area (Å²) in [4.78, 5) is 12.4. The lowest BCUT2D eigenvalue weighted by atomic mass is 9.91. The smallest absolute Gasteiger partial charge is 0.407 e. The van der Waals surface area contributed by atoms with Gasteiger partial charge in [-0.15, -0.1) is 0 Å². The molecule has 0 saturated heterocycles. The summed E-state index contributed by atoms with van der Waals surface area (Å²) >= 11 is 0. The Morgan fingerprint density at radius 2 is 2.12 bits per heavy atom. The van der Waals surface area contributed by atoms with Crippen molar-refractivity contribution < 1.29 is 15.0 Å². The molecule has 17 heavy (non-hydrogen) atoms. The summed E-state index contributed by atoms with van der Waals surface area (Å²) in [5.74, 6) is 0. The first-order valence-corrected chi connectivity index (χ1v) is 5.58. The predicted octanol–water partition coefficient (Wildman–Crippen LogP) is 0.411. The summed E-state index contributed by atoms with van der Waals surface area (Å²) in [7, 11) is 0. The van der Waals surface area contributed by atoms with E-state index in [4.69, 9.17) is 10.8 Å². The maximum atomic E-state index is 11.2. The number of nitrogens with zero attached hydrogens (tertiary/aromatic N) is 1. The fourth-order valence-corrected chi connectivity index (χ4v) is 2.26. The highest BCUT2D eigenvalue weighted by Gasteiger charge is 2.33. The van der Waals surface area contributed by atoms with Crippen molar-refractivity contribution in [3.63, 3.8) is 0 Å². The van der Waals surface area contributed by atoms with Gasteiger partial charge in [0.05, 0.1) is 12.1 Å². The first-order valence-electron chi connectivity index (χ1n) is 5.58. The monoisotopic (exact) mass is 236 g/mol. The van der Waals surface area contributed by atoms with Gasteiger partial charge in [0.1, 0.15) is 0 Å². The number of amides is 1. The van der Waals surface area contributed by atoms with Crippen molar-refractivity contribution in [1.82, 2.24) is 4.90 Å². The van der Waals surface area contributed by atoms with Crippen LogP contribution in [0.1, 0.15) is 11.1 Å². The quantitative estimate of drug-likeness (QED) is 0.694. The standard InChI is InChI=1S/C12H16N2O3/c13-6-11(15)10-5-8-3-1-2-4-9(8)7-14(10)12(16)17/h1-4,10-11,15H,5-7,13H2,(H,16,17)/t10-,11-/m1/s1. The lowest BCUT2D eigenvalue weighted by molar-refractivity contribution is 0.0431. The highest BCUT2D eigenvalue weighted by Crippen LogP contribution is 2.24. The average Bonchev–Trinajstić information content (AvgIpc) is 2.36. The zero-order valence-electron chi connectivity index (χ0n) is 9.41. The van der Waals surface area contributed by atoms with Crippen LogP contribution in [0.25, 0.3) is 0 Å². The molecular weight excluding hydrogens is 220 g/mol. The maximum Gasteiger partial charge on any atom is 0.407 e. The molecule has 0 saturated carbocycles. The Labute approximate surface area is 99.5 Å². The second-order valence-electron chi connectivity index (χ2n) is 4.25. The Kier molecular flexibility index (Phi) is 3.31. The van der Waals surface area contributed by atoms with Gasteiger partial charge in [0.25, 0.3) is 0 Å². The van der Waals surface area contributed by atoms with Gasteiger partial charge < -0.3 is 15.9 Å². The van der Waals surface area contributed by atoms with Crippen LogP contribution in [0.5, 0.6) is 0 Å². The van der Waals surface area contributed by atoms with Gasteiger partial charge in [0, 0.05) is 13.1 Å². The number of hydrogen-bond acceptors (Lipinski definition) is 3. The molecule has 1 aliphatic rings. The Hall–Kier alpha value is -1.59. The fourth-order valence-electron chi connectivity index (χ4n) is 2.26. The largest absolute Gasteiger partial charge is 0.465 e. The molecule has 0 bridgehead atoms. The molecule has 0 fully saturated rings. The third-order valence-corrected chi connectivity index (χ3v) is 3.22. The minimum absolute atomic E-state index is 0.0661. The number of rotatable bonds is 2. The van der Waals surface area contributed by atoms with E-state index in [9.17, 15) is 9.90 Å². The van der Waals surface area contributed by atoms with Gasteiger partial charge >= 0.3 is 6.09 Å². The summed E-state index contributed by atoms with van der Waals surface area (Å²) in [6.07, 6.45) is -1.32. The first kappa shape index (κ1) is 11.9. The molecule has 0 radical (unpaired) electrons. The van der Waals surface area contributed by atoms with E-state index in [0.29, 0.717) is 13.0 Å². The molecule has 1 aliphatic heterocycles. The highest BCUT2D eigenvalue weighted by atomic mass is 16.4. The molecule has 0 unspecified atom stereocenters. The molecule has 1 aromatic rings. The van der Waals surface area contributed by atoms with E-state index in [1.54, 1.807) is 0 Å². The van der Waals surface area contributed by atoms with E-state index in [0.717, 1.165) is 11.1 Å². The number of aliphatic hydroxyl groups excluding tert-OH is 1. The normalized spacial score (nSPS) is 20.8. The van der Waals surface area contributed by atoms with Crippen LogP contribution in [0.3, 0.4) is 0 Å². The zero-order chi connectivity index (χ0) is 12.4. The van der Waals surface area contributed by atoms with Crippen molar-refractivity contribution in [2.45, 2.75) is 25.1 Å². The van der Waals surface area contributed by atoms with Crippen molar-refractivity contribution in [3.05, 3.63) is 35.4 Å². The molecule has 2 rings (SSSR count). The molecule has 0 aliphatic carbocycles. The third-order valence-electron chi connectivity index (χ3n) is 3.22. The summed E-state index contributed by atoms with van der Waals surface area (Å²) in [5, 5.41) is 19.0. The number of aliphatic hydroxyl groups is 1. The Morgan fingerprint density at radius 3 is 2.71 bits per heavy atom. The van der Waals surface area contributed by atoms with Gasteiger partial charge in [-0.2, -0.15) is 0 Å². The van der Waals surface area contributed by atoms with E-state index in [1.807, 2.05) is 24.3 Å². The summed E-state index contributed by atoms with van der Waals surface area (Å²) in [6.45, 7) is 0.379. The van der Waals surface area contributed by atoms with Crippen molar-refractivity contribution in [3.8, 4) is 0 Å². The highest BCUT2D eigenvalue weighted by molar-refractivity contribution is 5.66. The molecule has 1 heterocycles. The van der Waals surface area contributed by atoms with E-state index in [-0.39, 0.29) is 6.54 Å². The van der Waals surface area contributed by atoms with Crippen molar-refractivity contribution in [2.24, 2.45) is 5.73 Å². The van der Waals surface area contributed by atoms with Crippen molar-refractivity contribution >= 4 is 6.09 Å². The fraction of sp³-hybridized carbons (Fsp3) is 0.417. The minimum Gasteiger partial charge on any atom is -0.465 e. The van der Waals surface area contributed by atoms with E-state index in [1.165, 1.54) is 4.90 Å². The van der Waals surface area contributed by atoms with Gasteiger partial charge in [-0.25, -0.2) is 4.79 Å². The van der Waals surface area contributed by atoms with E-state index >= 15 is 0 Å². The summed E-state index contributed by atoms with van der Waals surface area (Å²) < 4.78 is 0. The number of carbonyl (C=O) groups is 1. The van der Waals surface area contributed by atoms with Gasteiger partial charge in [0.2, 0.25) is 0 Å². The minimum atomic E-state index is -1.02. The Balaban J connectivity index is 2.31. The SMILES string of the molecule is NC[C@@H](O)[C@H]1Cc2ccccc2CN1C(=O)O. The van der Waals surface area contributed by atoms with Gasteiger partial charge in [-0.3, -0.25) is 4.90 Å². The molecule has 1 aromatic carbocycles. The van der Waals surface area contributed by atoms with Crippen LogP contribution in [0.4, 0.5) is 4.79 Å². The van der Waals surface area contributed by atoms with Gasteiger partial charge in [-0.05, 0) is 17.5 Å². The number of benzene rings is 1. The number of hydrogen-bond donors (Lipinski definition) is 3. The van der Waals surface area contributed by atoms with Crippen LogP contribution in [0, 0.1) is 0 Å². The molecule has 5 nitrogen and oxygen atoms in total. The molecule has 0 aromatic heterocycles. The van der Waals surface area contributed by atoms with Crippen molar-refractivity contribution in [2.75, 3.05) is 6.54 Å². The lowest BCUT2D eigenvalue weighted by Gasteiger charge is -2.37. The molecule has 5 heteroatoms. The average molecular weight is 236 g/mol. The van der Waals surface area contributed by atoms with Crippen LogP contribution in [0.2, 0.25) is 0 Å². The topological polar surface area (TPSA) is 86.8 Å². The molecule has 92 valence electrons.